The normalized spacial score (nSPS) is 12.9. The summed E-state index contributed by atoms with van der Waals surface area (Å²) >= 11 is 5.74. The van der Waals surface area contributed by atoms with E-state index in [1.165, 1.54) is 18.2 Å². The van der Waals surface area contributed by atoms with Gasteiger partial charge in [-0.1, -0.05) is 17.7 Å². The van der Waals surface area contributed by atoms with Gasteiger partial charge in [0.1, 0.15) is 4.90 Å². The van der Waals surface area contributed by atoms with Gasteiger partial charge in [0, 0.05) is 13.6 Å². The van der Waals surface area contributed by atoms with Gasteiger partial charge in [0.15, 0.2) is 0 Å². The SMILES string of the molecule is CN(CCC(F)(F)F)S(=O)(=O)c1c(N)cccc1Cl. The summed E-state index contributed by atoms with van der Waals surface area (Å²) in [6.45, 7) is -0.698. The van der Waals surface area contributed by atoms with E-state index >= 15 is 0 Å². The zero-order valence-electron chi connectivity index (χ0n) is 9.91. The van der Waals surface area contributed by atoms with E-state index in [9.17, 15) is 21.6 Å². The van der Waals surface area contributed by atoms with Crippen LogP contribution in [0, 0.1) is 0 Å². The minimum Gasteiger partial charge on any atom is -0.398 e. The Hall–Kier alpha value is -0.990. The molecular weight excluding hydrogens is 305 g/mol. The van der Waals surface area contributed by atoms with Crippen molar-refractivity contribution in [1.82, 2.24) is 4.31 Å². The van der Waals surface area contributed by atoms with Crippen LogP contribution in [0.5, 0.6) is 0 Å². The van der Waals surface area contributed by atoms with E-state index in [2.05, 4.69) is 0 Å². The molecule has 0 aromatic heterocycles. The van der Waals surface area contributed by atoms with Crippen molar-refractivity contribution in [3.05, 3.63) is 23.2 Å². The number of nitrogen functional groups attached to an aromatic ring is 1. The second kappa shape index (κ2) is 5.56. The van der Waals surface area contributed by atoms with Gasteiger partial charge in [-0.2, -0.15) is 13.2 Å². The van der Waals surface area contributed by atoms with E-state index in [1.807, 2.05) is 0 Å². The maximum Gasteiger partial charge on any atom is 0.390 e. The number of alkyl halides is 3. The second-order valence-corrected chi connectivity index (χ2v) is 6.24. The predicted octanol–water partition coefficient (Wildman–Crippen LogP) is 2.50. The number of hydrogen-bond acceptors (Lipinski definition) is 3. The van der Waals surface area contributed by atoms with E-state index in [4.69, 9.17) is 17.3 Å². The first-order valence-electron chi connectivity index (χ1n) is 5.13. The summed E-state index contributed by atoms with van der Waals surface area (Å²) in [5, 5.41) is -0.126. The van der Waals surface area contributed by atoms with Crippen molar-refractivity contribution >= 4 is 27.3 Å². The summed E-state index contributed by atoms with van der Waals surface area (Å²) in [4.78, 5) is -0.374. The highest BCUT2D eigenvalue weighted by Crippen LogP contribution is 2.30. The quantitative estimate of drug-likeness (QED) is 0.868. The van der Waals surface area contributed by atoms with Crippen molar-refractivity contribution in [3.8, 4) is 0 Å². The van der Waals surface area contributed by atoms with Crippen molar-refractivity contribution < 1.29 is 21.6 Å². The Balaban J connectivity index is 3.04. The van der Waals surface area contributed by atoms with Gasteiger partial charge in [0.25, 0.3) is 0 Å². The van der Waals surface area contributed by atoms with Crippen molar-refractivity contribution in [2.45, 2.75) is 17.5 Å². The Labute approximate surface area is 114 Å². The molecule has 0 saturated carbocycles. The summed E-state index contributed by atoms with van der Waals surface area (Å²) in [5.41, 5.74) is 5.41. The van der Waals surface area contributed by atoms with E-state index in [0.717, 1.165) is 7.05 Å². The van der Waals surface area contributed by atoms with Crippen LogP contribution in [0.2, 0.25) is 5.02 Å². The summed E-state index contributed by atoms with van der Waals surface area (Å²) in [6.07, 6.45) is -5.68. The molecule has 0 fully saturated rings. The molecule has 1 aromatic carbocycles. The third kappa shape index (κ3) is 3.99. The van der Waals surface area contributed by atoms with Crippen LogP contribution in [0.1, 0.15) is 6.42 Å². The Morgan fingerprint density at radius 2 is 1.95 bits per heavy atom. The Kier molecular flexibility index (Phi) is 4.70. The number of halogens is 4. The van der Waals surface area contributed by atoms with Crippen molar-refractivity contribution in [2.24, 2.45) is 0 Å². The molecule has 0 aliphatic heterocycles. The van der Waals surface area contributed by atoms with Crippen LogP contribution in [0.4, 0.5) is 18.9 Å². The molecule has 0 atom stereocenters. The number of sulfonamides is 1. The lowest BCUT2D eigenvalue weighted by Gasteiger charge is -2.19. The first-order chi connectivity index (χ1) is 8.55. The zero-order valence-corrected chi connectivity index (χ0v) is 11.5. The van der Waals surface area contributed by atoms with Crippen LogP contribution in [0.15, 0.2) is 23.1 Å². The topological polar surface area (TPSA) is 63.4 Å². The molecular formula is C10H12ClF3N2O2S. The summed E-state index contributed by atoms with van der Waals surface area (Å²) < 4.78 is 61.0. The van der Waals surface area contributed by atoms with Crippen LogP contribution in [0.25, 0.3) is 0 Å². The number of anilines is 1. The monoisotopic (exact) mass is 316 g/mol. The maximum atomic E-state index is 12.1. The molecule has 4 nitrogen and oxygen atoms in total. The van der Waals surface area contributed by atoms with Crippen LogP contribution in [0.3, 0.4) is 0 Å². The fourth-order valence-corrected chi connectivity index (χ4v) is 3.16. The fourth-order valence-electron chi connectivity index (χ4n) is 1.36. The number of benzene rings is 1. The van der Waals surface area contributed by atoms with Crippen molar-refractivity contribution in [1.29, 1.82) is 0 Å². The zero-order chi connectivity index (χ0) is 14.8. The lowest BCUT2D eigenvalue weighted by Crippen LogP contribution is -2.31. The average molecular weight is 317 g/mol. The molecule has 0 amide bonds. The molecule has 108 valence electrons. The standard InChI is InChI=1S/C10H12ClF3N2O2S/c1-16(6-5-10(12,13)14)19(17,18)9-7(11)3-2-4-8(9)15/h2-4H,5-6,15H2,1H3. The maximum absolute atomic E-state index is 12.1. The Morgan fingerprint density at radius 1 is 1.37 bits per heavy atom. The summed E-state index contributed by atoms with van der Waals surface area (Å²) in [5.74, 6) is 0. The molecule has 0 unspecified atom stereocenters. The lowest BCUT2D eigenvalue weighted by molar-refractivity contribution is -0.135. The molecule has 1 aromatic rings. The molecule has 19 heavy (non-hydrogen) atoms. The van der Waals surface area contributed by atoms with Gasteiger partial charge in [-0.15, -0.1) is 0 Å². The molecule has 1 rings (SSSR count). The van der Waals surface area contributed by atoms with Gasteiger partial charge in [-0.05, 0) is 12.1 Å². The Bertz CT molecular complexity index is 540. The molecule has 2 N–H and O–H groups in total. The number of hydrogen-bond donors (Lipinski definition) is 1. The minimum atomic E-state index is -4.43. The lowest BCUT2D eigenvalue weighted by atomic mass is 10.3. The highest BCUT2D eigenvalue weighted by Gasteiger charge is 2.32. The molecule has 0 aliphatic carbocycles. The van der Waals surface area contributed by atoms with Gasteiger partial charge in [-0.25, -0.2) is 12.7 Å². The van der Waals surface area contributed by atoms with E-state index in [-0.39, 0.29) is 15.6 Å². The van der Waals surface area contributed by atoms with E-state index in [1.54, 1.807) is 0 Å². The smallest absolute Gasteiger partial charge is 0.390 e. The molecule has 9 heteroatoms. The van der Waals surface area contributed by atoms with E-state index < -0.39 is 29.2 Å². The highest BCUT2D eigenvalue weighted by molar-refractivity contribution is 7.89. The minimum absolute atomic E-state index is 0.105. The third-order valence-electron chi connectivity index (χ3n) is 2.38. The molecule has 0 heterocycles. The first kappa shape index (κ1) is 16.1. The molecule has 0 saturated heterocycles. The molecule has 0 aliphatic rings. The van der Waals surface area contributed by atoms with E-state index in [0.29, 0.717) is 4.31 Å². The molecule has 0 bridgehead atoms. The molecule has 0 radical (unpaired) electrons. The van der Waals surface area contributed by atoms with Gasteiger partial charge >= 0.3 is 6.18 Å². The van der Waals surface area contributed by atoms with Crippen LogP contribution in [-0.2, 0) is 10.0 Å². The van der Waals surface area contributed by atoms with Crippen LogP contribution in [-0.4, -0.2) is 32.5 Å². The van der Waals surface area contributed by atoms with Crippen LogP contribution < -0.4 is 5.73 Å². The predicted molar refractivity (Wildman–Crippen MR) is 66.4 cm³/mol. The number of nitrogens with two attached hydrogens (primary N) is 1. The summed E-state index contributed by atoms with van der Waals surface area (Å²) in [6, 6.07) is 4.07. The Morgan fingerprint density at radius 3 is 2.42 bits per heavy atom. The highest BCUT2D eigenvalue weighted by atomic mass is 35.5. The van der Waals surface area contributed by atoms with Gasteiger partial charge in [0.05, 0.1) is 17.1 Å². The van der Waals surface area contributed by atoms with Crippen molar-refractivity contribution in [3.63, 3.8) is 0 Å². The number of nitrogens with zero attached hydrogens (tertiary/aromatic N) is 1. The van der Waals surface area contributed by atoms with Gasteiger partial charge < -0.3 is 5.73 Å². The van der Waals surface area contributed by atoms with Crippen molar-refractivity contribution in [2.75, 3.05) is 19.3 Å². The van der Waals surface area contributed by atoms with Gasteiger partial charge in [-0.3, -0.25) is 0 Å². The number of rotatable bonds is 4. The van der Waals surface area contributed by atoms with Gasteiger partial charge in [0.2, 0.25) is 10.0 Å². The first-order valence-corrected chi connectivity index (χ1v) is 6.94. The fraction of sp³-hybridized carbons (Fsp3) is 0.400. The summed E-state index contributed by atoms with van der Waals surface area (Å²) in [7, 11) is -3.10. The molecule has 0 spiro atoms. The second-order valence-electron chi connectivity index (χ2n) is 3.85. The van der Waals surface area contributed by atoms with Crippen LogP contribution >= 0.6 is 11.6 Å². The average Bonchev–Trinajstić information content (AvgIpc) is 2.24. The third-order valence-corrected chi connectivity index (χ3v) is 4.78. The largest absolute Gasteiger partial charge is 0.398 e.